The first-order valence-corrected chi connectivity index (χ1v) is 6.36. The van der Waals surface area contributed by atoms with Gasteiger partial charge in [-0.2, -0.15) is 0 Å². The highest BCUT2D eigenvalue weighted by Gasteiger charge is 2.26. The van der Waals surface area contributed by atoms with Crippen LogP contribution in [0.5, 0.6) is 0 Å². The number of rotatable bonds is 4. The lowest BCUT2D eigenvalue weighted by Crippen LogP contribution is -2.40. The SMILES string of the molecule is CNCC1CCCN1CC1CCOCC1.Cl. The maximum absolute atomic E-state index is 5.41. The maximum atomic E-state index is 5.41. The van der Waals surface area contributed by atoms with Crippen LogP contribution < -0.4 is 5.32 Å². The monoisotopic (exact) mass is 248 g/mol. The van der Waals surface area contributed by atoms with Gasteiger partial charge in [0.25, 0.3) is 0 Å². The standard InChI is InChI=1S/C12H24N2O.ClH/c1-13-9-12-3-2-6-14(12)10-11-4-7-15-8-5-11;/h11-13H,2-10H2,1H3;1H. The first-order valence-electron chi connectivity index (χ1n) is 6.36. The summed E-state index contributed by atoms with van der Waals surface area (Å²) in [7, 11) is 2.06. The lowest BCUT2D eigenvalue weighted by molar-refractivity contribution is 0.0508. The van der Waals surface area contributed by atoms with E-state index in [4.69, 9.17) is 4.74 Å². The Balaban J connectivity index is 0.00000128. The van der Waals surface area contributed by atoms with Crippen LogP contribution in [0.25, 0.3) is 0 Å². The molecule has 0 aromatic heterocycles. The molecule has 1 unspecified atom stereocenters. The highest BCUT2D eigenvalue weighted by molar-refractivity contribution is 5.85. The second kappa shape index (κ2) is 7.49. The molecule has 2 heterocycles. The molecule has 2 aliphatic rings. The molecule has 2 rings (SSSR count). The molecular weight excluding hydrogens is 224 g/mol. The second-order valence-electron chi connectivity index (χ2n) is 4.90. The van der Waals surface area contributed by atoms with Gasteiger partial charge in [0.15, 0.2) is 0 Å². The molecule has 0 saturated carbocycles. The van der Waals surface area contributed by atoms with E-state index in [1.54, 1.807) is 0 Å². The number of likely N-dealkylation sites (tertiary alicyclic amines) is 1. The number of nitrogens with one attached hydrogen (secondary N) is 1. The van der Waals surface area contributed by atoms with Gasteiger partial charge < -0.3 is 10.1 Å². The molecule has 0 aromatic rings. The third-order valence-electron chi connectivity index (χ3n) is 3.77. The van der Waals surface area contributed by atoms with Crippen LogP contribution in [0.15, 0.2) is 0 Å². The highest BCUT2D eigenvalue weighted by atomic mass is 35.5. The molecule has 2 aliphatic heterocycles. The zero-order valence-electron chi connectivity index (χ0n) is 10.3. The van der Waals surface area contributed by atoms with E-state index in [1.165, 1.54) is 38.8 Å². The van der Waals surface area contributed by atoms with Crippen molar-refractivity contribution in [2.24, 2.45) is 5.92 Å². The molecule has 0 bridgehead atoms. The van der Waals surface area contributed by atoms with Crippen LogP contribution in [0.2, 0.25) is 0 Å². The summed E-state index contributed by atoms with van der Waals surface area (Å²) < 4.78 is 5.41. The number of halogens is 1. The van der Waals surface area contributed by atoms with Gasteiger partial charge in [-0.05, 0) is 45.2 Å². The molecule has 96 valence electrons. The van der Waals surface area contributed by atoms with Crippen molar-refractivity contribution in [3.05, 3.63) is 0 Å². The summed E-state index contributed by atoms with van der Waals surface area (Å²) in [5.74, 6) is 0.885. The smallest absolute Gasteiger partial charge is 0.0469 e. The Morgan fingerprint density at radius 1 is 1.25 bits per heavy atom. The van der Waals surface area contributed by atoms with Crippen LogP contribution in [-0.4, -0.2) is 50.8 Å². The van der Waals surface area contributed by atoms with Crippen molar-refractivity contribution in [1.29, 1.82) is 0 Å². The minimum atomic E-state index is 0. The number of nitrogens with zero attached hydrogens (tertiary/aromatic N) is 1. The summed E-state index contributed by atoms with van der Waals surface area (Å²) in [5.41, 5.74) is 0. The van der Waals surface area contributed by atoms with E-state index in [0.29, 0.717) is 0 Å². The van der Waals surface area contributed by atoms with Gasteiger partial charge in [-0.3, -0.25) is 4.90 Å². The van der Waals surface area contributed by atoms with Gasteiger partial charge in [-0.15, -0.1) is 12.4 Å². The minimum Gasteiger partial charge on any atom is -0.381 e. The number of likely N-dealkylation sites (N-methyl/N-ethyl adjacent to an activating group) is 1. The molecule has 1 N–H and O–H groups in total. The average molecular weight is 249 g/mol. The Kier molecular flexibility index (Phi) is 6.66. The van der Waals surface area contributed by atoms with Crippen molar-refractivity contribution in [1.82, 2.24) is 10.2 Å². The summed E-state index contributed by atoms with van der Waals surface area (Å²) in [4.78, 5) is 2.69. The quantitative estimate of drug-likeness (QED) is 0.817. The van der Waals surface area contributed by atoms with Crippen LogP contribution in [-0.2, 0) is 4.74 Å². The Bertz CT molecular complexity index is 186. The van der Waals surface area contributed by atoms with Crippen molar-refractivity contribution in [2.75, 3.05) is 39.9 Å². The Labute approximate surface area is 105 Å². The Morgan fingerprint density at radius 3 is 2.69 bits per heavy atom. The highest BCUT2D eigenvalue weighted by Crippen LogP contribution is 2.22. The second-order valence-corrected chi connectivity index (χ2v) is 4.90. The van der Waals surface area contributed by atoms with E-state index in [-0.39, 0.29) is 12.4 Å². The van der Waals surface area contributed by atoms with Crippen molar-refractivity contribution in [2.45, 2.75) is 31.7 Å². The van der Waals surface area contributed by atoms with Gasteiger partial charge >= 0.3 is 0 Å². The number of hydrogen-bond acceptors (Lipinski definition) is 3. The fourth-order valence-corrected chi connectivity index (χ4v) is 2.86. The van der Waals surface area contributed by atoms with E-state index in [1.807, 2.05) is 0 Å². The molecule has 2 fully saturated rings. The van der Waals surface area contributed by atoms with Crippen molar-refractivity contribution < 1.29 is 4.74 Å². The minimum absolute atomic E-state index is 0. The first-order chi connectivity index (χ1) is 7.40. The van der Waals surface area contributed by atoms with Gasteiger partial charge in [0.2, 0.25) is 0 Å². The van der Waals surface area contributed by atoms with Gasteiger partial charge in [0.05, 0.1) is 0 Å². The summed E-state index contributed by atoms with van der Waals surface area (Å²) in [5, 5.41) is 3.31. The molecule has 0 spiro atoms. The Hall–Kier alpha value is 0.170. The van der Waals surface area contributed by atoms with Crippen LogP contribution in [0, 0.1) is 5.92 Å². The number of ether oxygens (including phenoxy) is 1. The largest absolute Gasteiger partial charge is 0.381 e. The van der Waals surface area contributed by atoms with Gasteiger partial charge in [-0.25, -0.2) is 0 Å². The van der Waals surface area contributed by atoms with Crippen LogP contribution in [0.3, 0.4) is 0 Å². The zero-order chi connectivity index (χ0) is 10.5. The predicted octanol–water partition coefficient (Wildman–Crippen LogP) is 1.52. The zero-order valence-corrected chi connectivity index (χ0v) is 11.1. The molecule has 16 heavy (non-hydrogen) atoms. The van der Waals surface area contributed by atoms with Crippen molar-refractivity contribution >= 4 is 12.4 Å². The lowest BCUT2D eigenvalue weighted by atomic mass is 9.99. The number of hydrogen-bond donors (Lipinski definition) is 1. The fourth-order valence-electron chi connectivity index (χ4n) is 2.86. The average Bonchev–Trinajstić information content (AvgIpc) is 2.68. The molecule has 0 radical (unpaired) electrons. The topological polar surface area (TPSA) is 24.5 Å². The van der Waals surface area contributed by atoms with Crippen molar-refractivity contribution in [3.8, 4) is 0 Å². The van der Waals surface area contributed by atoms with Crippen LogP contribution >= 0.6 is 12.4 Å². The molecular formula is C12H25ClN2O. The van der Waals surface area contributed by atoms with Gasteiger partial charge in [-0.1, -0.05) is 0 Å². The molecule has 0 amide bonds. The van der Waals surface area contributed by atoms with Gasteiger partial charge in [0, 0.05) is 32.3 Å². The first kappa shape index (κ1) is 14.2. The van der Waals surface area contributed by atoms with E-state index in [0.717, 1.165) is 31.7 Å². The summed E-state index contributed by atoms with van der Waals surface area (Å²) in [6, 6.07) is 0.790. The van der Waals surface area contributed by atoms with E-state index in [9.17, 15) is 0 Å². The van der Waals surface area contributed by atoms with Crippen LogP contribution in [0.4, 0.5) is 0 Å². The summed E-state index contributed by atoms with van der Waals surface area (Å²) in [6.45, 7) is 5.73. The lowest BCUT2D eigenvalue weighted by Gasteiger charge is -2.30. The maximum Gasteiger partial charge on any atom is 0.0469 e. The normalized spacial score (nSPS) is 27.9. The molecule has 4 heteroatoms. The van der Waals surface area contributed by atoms with E-state index < -0.39 is 0 Å². The third-order valence-corrected chi connectivity index (χ3v) is 3.77. The molecule has 2 saturated heterocycles. The van der Waals surface area contributed by atoms with E-state index >= 15 is 0 Å². The summed E-state index contributed by atoms with van der Waals surface area (Å²) in [6.07, 6.45) is 5.30. The van der Waals surface area contributed by atoms with E-state index in [2.05, 4.69) is 17.3 Å². The van der Waals surface area contributed by atoms with Crippen molar-refractivity contribution in [3.63, 3.8) is 0 Å². The third kappa shape index (κ3) is 3.88. The molecule has 1 atom stereocenters. The Morgan fingerprint density at radius 2 is 2.00 bits per heavy atom. The molecule has 0 aromatic carbocycles. The van der Waals surface area contributed by atoms with Gasteiger partial charge in [0.1, 0.15) is 0 Å². The molecule has 0 aliphatic carbocycles. The molecule has 3 nitrogen and oxygen atoms in total. The van der Waals surface area contributed by atoms with Crippen LogP contribution in [0.1, 0.15) is 25.7 Å². The fraction of sp³-hybridized carbons (Fsp3) is 1.00. The summed E-state index contributed by atoms with van der Waals surface area (Å²) >= 11 is 0. The predicted molar refractivity (Wildman–Crippen MR) is 69.3 cm³/mol.